The first-order chi connectivity index (χ1) is 9.96. The van der Waals surface area contributed by atoms with Crippen LogP contribution >= 0.6 is 0 Å². The van der Waals surface area contributed by atoms with Gasteiger partial charge in [0.2, 0.25) is 0 Å². The number of alkyl halides is 2. The molecule has 0 aliphatic carbocycles. The van der Waals surface area contributed by atoms with Crippen molar-refractivity contribution in [3.8, 4) is 0 Å². The van der Waals surface area contributed by atoms with Crippen molar-refractivity contribution in [2.45, 2.75) is 44.1 Å². The summed E-state index contributed by atoms with van der Waals surface area (Å²) in [6.07, 6.45) is -2.27. The molecule has 2 atom stereocenters. The maximum Gasteiger partial charge on any atom is 0.377 e. The Kier molecular flexibility index (Phi) is 5.70. The molecule has 0 amide bonds. The zero-order chi connectivity index (χ0) is 17.1. The second-order valence-electron chi connectivity index (χ2n) is 5.57. The molecule has 0 aliphatic rings. The molecule has 0 heterocycles. The van der Waals surface area contributed by atoms with Crippen molar-refractivity contribution in [3.05, 3.63) is 29.8 Å². The summed E-state index contributed by atoms with van der Waals surface area (Å²) in [4.78, 5) is 10.9. The molecule has 1 rings (SSSR count). The summed E-state index contributed by atoms with van der Waals surface area (Å²) in [6.45, 7) is 5.10. The average molecular weight is 334 g/mol. The topological polar surface area (TPSA) is 63.6 Å². The quantitative estimate of drug-likeness (QED) is 0.778. The van der Waals surface area contributed by atoms with Gasteiger partial charge in [-0.15, -0.1) is 0 Å². The van der Waals surface area contributed by atoms with Crippen molar-refractivity contribution in [1.82, 2.24) is 0 Å². The van der Waals surface area contributed by atoms with Crippen molar-refractivity contribution >= 4 is 21.6 Å². The zero-order valence-corrected chi connectivity index (χ0v) is 13.5. The lowest BCUT2D eigenvalue weighted by atomic mass is 10.0. The fourth-order valence-corrected chi connectivity index (χ4v) is 3.04. The summed E-state index contributed by atoms with van der Waals surface area (Å²) in [5, 5.41) is 8.69. The van der Waals surface area contributed by atoms with Crippen LogP contribution in [-0.4, -0.2) is 33.2 Å². The van der Waals surface area contributed by atoms with Gasteiger partial charge >= 0.3 is 11.9 Å². The minimum absolute atomic E-state index is 0.146. The minimum Gasteiger partial charge on any atom is -0.477 e. The number of hydrogen-bond donors (Lipinski definition) is 1. The number of carbonyl (C=O) groups is 1. The first-order valence-corrected chi connectivity index (χ1v) is 8.35. The minimum atomic E-state index is -4.14. The summed E-state index contributed by atoms with van der Waals surface area (Å²) in [5.41, 5.74) is 0.897. The van der Waals surface area contributed by atoms with E-state index in [0.717, 1.165) is 5.56 Å². The number of aliphatic carboxylic acids is 1. The van der Waals surface area contributed by atoms with Gasteiger partial charge in [0.1, 0.15) is 15.9 Å². The zero-order valence-electron chi connectivity index (χ0n) is 12.7. The van der Waals surface area contributed by atoms with Crippen molar-refractivity contribution in [3.63, 3.8) is 0 Å². The van der Waals surface area contributed by atoms with E-state index in [2.05, 4.69) is 5.87 Å². The molecule has 22 heavy (non-hydrogen) atoms. The third-order valence-electron chi connectivity index (χ3n) is 3.03. The molecular weight excluding hydrogens is 314 g/mol. The van der Waals surface area contributed by atoms with Gasteiger partial charge in [0.15, 0.2) is 0 Å². The number of carboxylic acids is 1. The fourth-order valence-electron chi connectivity index (χ4n) is 1.80. The second kappa shape index (κ2) is 6.75. The molecule has 1 aromatic carbocycles. The molecule has 0 aliphatic heterocycles. The first-order valence-electron chi connectivity index (χ1n) is 6.70. The van der Waals surface area contributed by atoms with Gasteiger partial charge in [-0.05, 0) is 37.3 Å². The SMILES string of the molecule is C=S(=O)(OC(CC(C)C)C(F)(F)C(=O)O)c1ccc(C)cc1. The van der Waals surface area contributed by atoms with Crippen LogP contribution in [0.5, 0.6) is 0 Å². The van der Waals surface area contributed by atoms with Crippen molar-refractivity contribution < 1.29 is 27.1 Å². The Morgan fingerprint density at radius 1 is 1.36 bits per heavy atom. The summed E-state index contributed by atoms with van der Waals surface area (Å²) in [5.74, 6) is -3.34. The molecule has 0 bridgehead atoms. The molecule has 2 unspecified atom stereocenters. The number of halogens is 2. The van der Waals surface area contributed by atoms with Crippen LogP contribution in [0.1, 0.15) is 25.8 Å². The molecule has 0 radical (unpaired) electrons. The lowest BCUT2D eigenvalue weighted by molar-refractivity contribution is -0.179. The molecule has 0 saturated carbocycles. The van der Waals surface area contributed by atoms with Gasteiger partial charge in [0, 0.05) is 0 Å². The van der Waals surface area contributed by atoms with E-state index in [1.54, 1.807) is 26.0 Å². The Morgan fingerprint density at radius 2 is 1.86 bits per heavy atom. The van der Waals surface area contributed by atoms with E-state index in [-0.39, 0.29) is 17.2 Å². The van der Waals surface area contributed by atoms with Crippen molar-refractivity contribution in [2.75, 3.05) is 0 Å². The van der Waals surface area contributed by atoms with Gasteiger partial charge in [0.05, 0.1) is 4.90 Å². The molecule has 0 spiro atoms. The summed E-state index contributed by atoms with van der Waals surface area (Å²) < 4.78 is 45.1. The molecule has 7 heteroatoms. The molecule has 4 nitrogen and oxygen atoms in total. The lowest BCUT2D eigenvalue weighted by Crippen LogP contribution is -2.44. The predicted octanol–water partition coefficient (Wildman–Crippen LogP) is 3.14. The van der Waals surface area contributed by atoms with Crippen LogP contribution in [-0.2, 0) is 18.8 Å². The summed E-state index contributed by atoms with van der Waals surface area (Å²) in [6, 6.07) is 6.23. The van der Waals surface area contributed by atoms with Crippen molar-refractivity contribution in [1.29, 1.82) is 0 Å². The Balaban J connectivity index is 3.12. The van der Waals surface area contributed by atoms with E-state index in [1.165, 1.54) is 12.1 Å². The second-order valence-corrected chi connectivity index (χ2v) is 7.46. The van der Waals surface area contributed by atoms with E-state index in [9.17, 15) is 17.8 Å². The van der Waals surface area contributed by atoms with Gasteiger partial charge in [-0.2, -0.15) is 8.78 Å². The van der Waals surface area contributed by atoms with Crippen LogP contribution in [0.15, 0.2) is 29.2 Å². The van der Waals surface area contributed by atoms with Crippen LogP contribution in [0.3, 0.4) is 0 Å². The average Bonchev–Trinajstić information content (AvgIpc) is 2.37. The Hall–Kier alpha value is -1.47. The van der Waals surface area contributed by atoms with Crippen LogP contribution in [0.4, 0.5) is 8.78 Å². The number of carboxylic acid groups (broad SMARTS) is 1. The molecule has 1 aromatic rings. The van der Waals surface area contributed by atoms with Crippen LogP contribution in [0.25, 0.3) is 0 Å². The Bertz CT molecular complexity index is 621. The maximum absolute atomic E-state index is 13.8. The smallest absolute Gasteiger partial charge is 0.377 e. The van der Waals surface area contributed by atoms with Crippen LogP contribution in [0, 0.1) is 12.8 Å². The Morgan fingerprint density at radius 3 is 2.27 bits per heavy atom. The highest BCUT2D eigenvalue weighted by atomic mass is 32.2. The van der Waals surface area contributed by atoms with Crippen molar-refractivity contribution in [2.24, 2.45) is 5.92 Å². The van der Waals surface area contributed by atoms with Gasteiger partial charge in [0.25, 0.3) is 0 Å². The van der Waals surface area contributed by atoms with E-state index in [4.69, 9.17) is 9.29 Å². The van der Waals surface area contributed by atoms with E-state index < -0.39 is 27.8 Å². The first kappa shape index (κ1) is 18.6. The number of hydrogen-bond acceptors (Lipinski definition) is 3. The molecule has 0 saturated heterocycles. The highest BCUT2D eigenvalue weighted by Crippen LogP contribution is 2.30. The normalized spacial score (nSPS) is 16.3. The largest absolute Gasteiger partial charge is 0.477 e. The molecule has 1 N–H and O–H groups in total. The third-order valence-corrected chi connectivity index (χ3v) is 4.56. The molecular formula is C15H20F2O4S. The van der Waals surface area contributed by atoms with Gasteiger partial charge in [-0.25, -0.2) is 9.00 Å². The maximum atomic E-state index is 13.8. The number of rotatable bonds is 7. The standard InChI is InChI=1S/C15H20F2O4S/c1-10(2)9-13(15(16,17)14(18)19)21-22(4,20)12-7-5-11(3)6-8-12/h5-8,10,13H,4,9H2,1-3H3,(H,18,19). The van der Waals surface area contributed by atoms with Gasteiger partial charge in [-0.1, -0.05) is 31.5 Å². The fraction of sp³-hybridized carbons (Fsp3) is 0.467. The summed E-state index contributed by atoms with van der Waals surface area (Å²) >= 11 is 0. The molecule has 0 aromatic heterocycles. The number of aryl methyl sites for hydroxylation is 1. The van der Waals surface area contributed by atoms with Gasteiger partial charge in [-0.3, -0.25) is 4.18 Å². The number of benzene rings is 1. The highest BCUT2D eigenvalue weighted by molar-refractivity contribution is 7.96. The third kappa shape index (κ3) is 4.51. The molecule has 0 fully saturated rings. The summed E-state index contributed by atoms with van der Waals surface area (Å²) in [7, 11) is -3.48. The van der Waals surface area contributed by atoms with Crippen LogP contribution < -0.4 is 0 Å². The molecule has 124 valence electrons. The van der Waals surface area contributed by atoms with Gasteiger partial charge < -0.3 is 5.11 Å². The lowest BCUT2D eigenvalue weighted by Gasteiger charge is -2.26. The monoisotopic (exact) mass is 334 g/mol. The van der Waals surface area contributed by atoms with E-state index in [1.807, 2.05) is 6.92 Å². The van der Waals surface area contributed by atoms with E-state index in [0.29, 0.717) is 0 Å². The van der Waals surface area contributed by atoms with Crippen LogP contribution in [0.2, 0.25) is 0 Å². The highest BCUT2D eigenvalue weighted by Gasteiger charge is 2.50. The predicted molar refractivity (Wildman–Crippen MR) is 81.6 cm³/mol. The Labute approximate surface area is 129 Å². The van der Waals surface area contributed by atoms with E-state index >= 15 is 0 Å².